The van der Waals surface area contributed by atoms with E-state index in [1.807, 2.05) is 12.1 Å². The summed E-state index contributed by atoms with van der Waals surface area (Å²) in [6.45, 7) is 0.900. The number of benzene rings is 1. The summed E-state index contributed by atoms with van der Waals surface area (Å²) in [6, 6.07) is 6.92. The highest BCUT2D eigenvalue weighted by Crippen LogP contribution is 2.08. The molecule has 0 spiro atoms. The quantitative estimate of drug-likeness (QED) is 0.560. The Kier molecular flexibility index (Phi) is 6.43. The van der Waals surface area contributed by atoms with Crippen LogP contribution in [-0.2, 0) is 0 Å². The first-order chi connectivity index (χ1) is 8.34. The van der Waals surface area contributed by atoms with Gasteiger partial charge >= 0.3 is 0 Å². The lowest BCUT2D eigenvalue weighted by Gasteiger charge is -2.01. The zero-order valence-corrected chi connectivity index (χ0v) is 11.7. The van der Waals surface area contributed by atoms with Crippen LogP contribution in [0.3, 0.4) is 0 Å². The van der Waals surface area contributed by atoms with Gasteiger partial charge in [0.1, 0.15) is 11.6 Å². The van der Waals surface area contributed by atoms with Crippen LogP contribution in [0.15, 0.2) is 34.4 Å². The molecule has 1 aliphatic rings. The highest BCUT2D eigenvalue weighted by atomic mass is 79.9. The van der Waals surface area contributed by atoms with E-state index in [-0.39, 0.29) is 22.7 Å². The maximum atomic E-state index is 9.14. The SMILES string of the molecule is Oc1ccc(/C=N/NC2=NCCCCC2)cc1.[Br-]. The molecule has 5 heteroatoms. The summed E-state index contributed by atoms with van der Waals surface area (Å²) in [6.07, 6.45) is 6.31. The van der Waals surface area contributed by atoms with Gasteiger partial charge in [-0.3, -0.25) is 10.4 Å². The van der Waals surface area contributed by atoms with E-state index in [1.165, 1.54) is 19.3 Å². The number of hydrazone groups is 1. The van der Waals surface area contributed by atoms with Crippen LogP contribution in [0.4, 0.5) is 0 Å². The Hall–Kier alpha value is -1.36. The Morgan fingerprint density at radius 1 is 1.17 bits per heavy atom. The largest absolute Gasteiger partial charge is 1.00 e. The Balaban J connectivity index is 0.00000162. The van der Waals surface area contributed by atoms with Crippen LogP contribution in [-0.4, -0.2) is 23.7 Å². The first kappa shape index (κ1) is 14.7. The maximum Gasteiger partial charge on any atom is 0.117 e. The molecule has 0 fully saturated rings. The monoisotopic (exact) mass is 310 g/mol. The molecule has 1 heterocycles. The number of aliphatic imine (C=N–C) groups is 1. The summed E-state index contributed by atoms with van der Waals surface area (Å²) in [5, 5.41) is 13.3. The molecule has 0 unspecified atom stereocenters. The molecule has 0 aromatic heterocycles. The zero-order valence-electron chi connectivity index (χ0n) is 10.1. The number of aromatic hydroxyl groups is 1. The summed E-state index contributed by atoms with van der Waals surface area (Å²) in [5.74, 6) is 1.24. The Morgan fingerprint density at radius 3 is 2.72 bits per heavy atom. The molecule has 0 amide bonds. The molecule has 0 saturated carbocycles. The van der Waals surface area contributed by atoms with Gasteiger partial charge in [-0.15, -0.1) is 0 Å². The predicted molar refractivity (Wildman–Crippen MR) is 69.6 cm³/mol. The molecule has 1 aliphatic heterocycles. The van der Waals surface area contributed by atoms with E-state index >= 15 is 0 Å². The average Bonchev–Trinajstić information content (AvgIpc) is 2.60. The van der Waals surface area contributed by atoms with Gasteiger partial charge in [0.2, 0.25) is 0 Å². The molecule has 0 aliphatic carbocycles. The van der Waals surface area contributed by atoms with Crippen molar-refractivity contribution in [1.29, 1.82) is 0 Å². The van der Waals surface area contributed by atoms with E-state index in [0.717, 1.165) is 24.4 Å². The smallest absolute Gasteiger partial charge is 0.117 e. The molecule has 2 N–H and O–H groups in total. The summed E-state index contributed by atoms with van der Waals surface area (Å²) >= 11 is 0. The van der Waals surface area contributed by atoms with Crippen molar-refractivity contribution >= 4 is 12.1 Å². The normalized spacial score (nSPS) is 15.7. The van der Waals surface area contributed by atoms with Crippen molar-refractivity contribution in [3.63, 3.8) is 0 Å². The standard InChI is InChI=1S/C13H17N3O.BrH/c17-12-7-5-11(6-8-12)10-15-16-13-4-2-1-3-9-14-13;/h5-8,10,17H,1-4,9H2,(H,14,16);1H/p-1/b15-10+;. The van der Waals surface area contributed by atoms with Crippen LogP contribution in [0, 0.1) is 0 Å². The minimum Gasteiger partial charge on any atom is -1.00 e. The van der Waals surface area contributed by atoms with Gasteiger partial charge in [0.15, 0.2) is 0 Å². The lowest BCUT2D eigenvalue weighted by Crippen LogP contribution is -3.00. The van der Waals surface area contributed by atoms with Crippen LogP contribution in [0.1, 0.15) is 31.2 Å². The molecule has 1 aromatic carbocycles. The fourth-order valence-corrected chi connectivity index (χ4v) is 1.71. The maximum absolute atomic E-state index is 9.14. The van der Waals surface area contributed by atoms with Crippen LogP contribution in [0.2, 0.25) is 0 Å². The van der Waals surface area contributed by atoms with Crippen molar-refractivity contribution in [3.8, 4) is 5.75 Å². The summed E-state index contributed by atoms with van der Waals surface area (Å²) in [5.41, 5.74) is 3.93. The molecule has 98 valence electrons. The van der Waals surface area contributed by atoms with Gasteiger partial charge in [0, 0.05) is 13.0 Å². The van der Waals surface area contributed by atoms with Crippen LogP contribution in [0.5, 0.6) is 5.75 Å². The third-order valence-corrected chi connectivity index (χ3v) is 2.67. The van der Waals surface area contributed by atoms with Gasteiger partial charge in [0.05, 0.1) is 6.21 Å². The second-order valence-corrected chi connectivity index (χ2v) is 4.10. The summed E-state index contributed by atoms with van der Waals surface area (Å²) in [4.78, 5) is 4.42. The molecular formula is C13H17BrN3O-. The van der Waals surface area contributed by atoms with Crippen LogP contribution < -0.4 is 22.4 Å². The lowest BCUT2D eigenvalue weighted by molar-refractivity contribution is -0.00000462. The Bertz CT molecular complexity index is 415. The van der Waals surface area contributed by atoms with Crippen molar-refractivity contribution in [3.05, 3.63) is 29.8 Å². The molecular weight excluding hydrogens is 294 g/mol. The van der Waals surface area contributed by atoms with Crippen LogP contribution in [0.25, 0.3) is 0 Å². The average molecular weight is 311 g/mol. The van der Waals surface area contributed by atoms with E-state index in [2.05, 4.69) is 15.5 Å². The number of phenolic OH excluding ortho intramolecular Hbond substituents is 1. The molecule has 0 atom stereocenters. The van der Waals surface area contributed by atoms with Crippen LogP contribution >= 0.6 is 0 Å². The molecule has 2 rings (SSSR count). The van der Waals surface area contributed by atoms with Crippen molar-refractivity contribution in [2.75, 3.05) is 6.54 Å². The number of hydrogen-bond acceptors (Lipinski definition) is 4. The number of amidine groups is 1. The van der Waals surface area contributed by atoms with E-state index < -0.39 is 0 Å². The van der Waals surface area contributed by atoms with Gasteiger partial charge in [-0.1, -0.05) is 6.42 Å². The van der Waals surface area contributed by atoms with E-state index in [4.69, 9.17) is 5.11 Å². The first-order valence-electron chi connectivity index (χ1n) is 5.96. The number of phenols is 1. The van der Waals surface area contributed by atoms with E-state index in [9.17, 15) is 0 Å². The van der Waals surface area contributed by atoms with Crippen molar-refractivity contribution in [2.24, 2.45) is 10.1 Å². The third kappa shape index (κ3) is 4.87. The number of rotatable bonds is 2. The Morgan fingerprint density at radius 2 is 1.94 bits per heavy atom. The first-order valence-corrected chi connectivity index (χ1v) is 5.96. The molecule has 4 nitrogen and oxygen atoms in total. The number of hydrogen-bond donors (Lipinski definition) is 2. The van der Waals surface area contributed by atoms with Gasteiger partial charge in [-0.05, 0) is 42.7 Å². The van der Waals surface area contributed by atoms with E-state index in [1.54, 1.807) is 18.3 Å². The number of nitrogens with zero attached hydrogens (tertiary/aromatic N) is 2. The molecule has 0 saturated heterocycles. The fourth-order valence-electron chi connectivity index (χ4n) is 1.71. The third-order valence-electron chi connectivity index (χ3n) is 2.67. The van der Waals surface area contributed by atoms with E-state index in [0.29, 0.717) is 0 Å². The fraction of sp³-hybridized carbons (Fsp3) is 0.385. The summed E-state index contributed by atoms with van der Waals surface area (Å²) in [7, 11) is 0. The number of halogens is 1. The second kappa shape index (κ2) is 7.87. The topological polar surface area (TPSA) is 57.0 Å². The van der Waals surface area contributed by atoms with Crippen molar-refractivity contribution in [2.45, 2.75) is 25.7 Å². The molecule has 0 bridgehead atoms. The highest BCUT2D eigenvalue weighted by Gasteiger charge is 2.01. The minimum absolute atomic E-state index is 0. The molecule has 0 radical (unpaired) electrons. The van der Waals surface area contributed by atoms with Gasteiger partial charge in [-0.25, -0.2) is 0 Å². The summed E-state index contributed by atoms with van der Waals surface area (Å²) < 4.78 is 0. The van der Waals surface area contributed by atoms with Crippen molar-refractivity contribution in [1.82, 2.24) is 5.43 Å². The molecule has 18 heavy (non-hydrogen) atoms. The van der Waals surface area contributed by atoms with Gasteiger partial charge < -0.3 is 22.1 Å². The second-order valence-electron chi connectivity index (χ2n) is 4.10. The highest BCUT2D eigenvalue weighted by molar-refractivity contribution is 5.85. The predicted octanol–water partition coefficient (Wildman–Crippen LogP) is -0.708. The van der Waals surface area contributed by atoms with Gasteiger partial charge in [0.25, 0.3) is 0 Å². The number of nitrogens with one attached hydrogen (secondary N) is 1. The molecule has 1 aromatic rings. The lowest BCUT2D eigenvalue weighted by atomic mass is 10.2. The minimum atomic E-state index is 0. The Labute approximate surface area is 118 Å². The zero-order chi connectivity index (χ0) is 11.9. The van der Waals surface area contributed by atoms with Crippen molar-refractivity contribution < 1.29 is 22.1 Å². The van der Waals surface area contributed by atoms with Gasteiger partial charge in [-0.2, -0.15) is 5.10 Å².